The predicted octanol–water partition coefficient (Wildman–Crippen LogP) is 5.46. The van der Waals surface area contributed by atoms with Crippen LogP contribution in [0.25, 0.3) is 11.4 Å². The van der Waals surface area contributed by atoms with Crippen LogP contribution in [0.1, 0.15) is 44.7 Å². The van der Waals surface area contributed by atoms with Gasteiger partial charge in [0.25, 0.3) is 0 Å². The number of aromatic nitrogens is 3. The van der Waals surface area contributed by atoms with Gasteiger partial charge in [0.1, 0.15) is 0 Å². The van der Waals surface area contributed by atoms with E-state index in [0.29, 0.717) is 16.5 Å². The monoisotopic (exact) mass is 393 g/mol. The molecule has 1 N–H and O–H groups in total. The number of hydrogen-bond acceptors (Lipinski definition) is 4. The van der Waals surface area contributed by atoms with Gasteiger partial charge in [0.15, 0.2) is 5.82 Å². The summed E-state index contributed by atoms with van der Waals surface area (Å²) in [6, 6.07) is 16.7. The smallest absolute Gasteiger partial charge is 0.216 e. The van der Waals surface area contributed by atoms with Crippen LogP contribution >= 0.6 is 12.2 Å². The third kappa shape index (κ3) is 4.39. The molecule has 0 saturated heterocycles. The first-order chi connectivity index (χ1) is 13.5. The van der Waals surface area contributed by atoms with E-state index in [4.69, 9.17) is 12.2 Å². The highest BCUT2D eigenvalue weighted by Crippen LogP contribution is 2.22. The molecule has 0 amide bonds. The van der Waals surface area contributed by atoms with E-state index in [0.717, 1.165) is 24.2 Å². The molecule has 0 aliphatic rings. The van der Waals surface area contributed by atoms with Gasteiger partial charge in [0.2, 0.25) is 4.77 Å². The zero-order chi connectivity index (χ0) is 20.1. The summed E-state index contributed by atoms with van der Waals surface area (Å²) >= 11 is 5.37. The van der Waals surface area contributed by atoms with Crippen LogP contribution in [0.4, 0.5) is 5.69 Å². The van der Waals surface area contributed by atoms with E-state index in [1.807, 2.05) is 6.21 Å². The molecule has 1 aromatic heterocycles. The van der Waals surface area contributed by atoms with Crippen LogP contribution in [0.5, 0.6) is 0 Å². The maximum atomic E-state index is 5.37. The molecule has 5 nitrogen and oxygen atoms in total. The Kier molecular flexibility index (Phi) is 6.41. The lowest BCUT2D eigenvalue weighted by Crippen LogP contribution is -2.21. The Bertz CT molecular complexity index is 977. The minimum Gasteiger partial charge on any atom is -0.372 e. The predicted molar refractivity (Wildman–Crippen MR) is 120 cm³/mol. The van der Waals surface area contributed by atoms with Crippen molar-refractivity contribution < 1.29 is 0 Å². The number of rotatable bonds is 7. The number of H-pyrrole nitrogens is 1. The summed E-state index contributed by atoms with van der Waals surface area (Å²) in [5.74, 6) is 1.21. The van der Waals surface area contributed by atoms with E-state index in [1.165, 1.54) is 11.3 Å². The summed E-state index contributed by atoms with van der Waals surface area (Å²) in [6.45, 7) is 10.6. The van der Waals surface area contributed by atoms with Crippen LogP contribution < -0.4 is 4.90 Å². The maximum absolute atomic E-state index is 5.37. The Balaban J connectivity index is 1.86. The fourth-order valence-electron chi connectivity index (χ4n) is 3.09. The standard InChI is InChI=1S/C22H27N5S/c1-5-26(6-2)20-13-11-19(12-14-20)21-24-25-22(28)27(21)23-15-17-7-9-18(10-8-17)16(3)4/h7-16H,5-6H2,1-4H3,(H,25,28). The quantitative estimate of drug-likeness (QED) is 0.428. The second-order valence-electron chi connectivity index (χ2n) is 6.95. The van der Waals surface area contributed by atoms with Crippen molar-refractivity contribution in [3.8, 4) is 11.4 Å². The molecule has 0 saturated carbocycles. The average Bonchev–Trinajstić information content (AvgIpc) is 3.08. The first-order valence-corrected chi connectivity index (χ1v) is 10.1. The van der Waals surface area contributed by atoms with Crippen LogP contribution in [0, 0.1) is 4.77 Å². The summed E-state index contributed by atoms with van der Waals surface area (Å²) in [6.07, 6.45) is 1.81. The number of nitrogens with one attached hydrogen (secondary N) is 1. The van der Waals surface area contributed by atoms with Gasteiger partial charge in [-0.15, -0.1) is 0 Å². The third-order valence-electron chi connectivity index (χ3n) is 4.83. The van der Waals surface area contributed by atoms with Gasteiger partial charge in [-0.3, -0.25) is 0 Å². The molecule has 0 aliphatic carbocycles. The largest absolute Gasteiger partial charge is 0.372 e. The van der Waals surface area contributed by atoms with Crippen LogP contribution in [-0.2, 0) is 0 Å². The first-order valence-electron chi connectivity index (χ1n) is 9.70. The average molecular weight is 394 g/mol. The van der Waals surface area contributed by atoms with Crippen molar-refractivity contribution in [1.29, 1.82) is 0 Å². The molecule has 3 rings (SSSR count). The van der Waals surface area contributed by atoms with Gasteiger partial charge in [0.05, 0.1) is 6.21 Å². The molecule has 0 spiro atoms. The van der Waals surface area contributed by atoms with Gasteiger partial charge in [-0.05, 0) is 67.4 Å². The second kappa shape index (κ2) is 8.97. The van der Waals surface area contributed by atoms with Crippen molar-refractivity contribution in [3.63, 3.8) is 0 Å². The van der Waals surface area contributed by atoms with E-state index in [2.05, 4.69) is 96.4 Å². The van der Waals surface area contributed by atoms with E-state index in [1.54, 1.807) is 4.68 Å². The molecule has 1 heterocycles. The van der Waals surface area contributed by atoms with E-state index >= 15 is 0 Å². The topological polar surface area (TPSA) is 49.2 Å². The summed E-state index contributed by atoms with van der Waals surface area (Å²) in [4.78, 5) is 2.31. The van der Waals surface area contributed by atoms with Gasteiger partial charge in [-0.25, -0.2) is 5.10 Å². The van der Waals surface area contributed by atoms with Crippen molar-refractivity contribution in [2.24, 2.45) is 5.10 Å². The Morgan fingerprint density at radius 2 is 1.71 bits per heavy atom. The highest BCUT2D eigenvalue weighted by molar-refractivity contribution is 7.71. The van der Waals surface area contributed by atoms with Gasteiger partial charge in [-0.1, -0.05) is 38.1 Å². The molecular formula is C22H27N5S. The lowest BCUT2D eigenvalue weighted by Gasteiger charge is -2.20. The number of aromatic amines is 1. The fraction of sp³-hybridized carbons (Fsp3) is 0.318. The molecule has 3 aromatic rings. The molecule has 0 radical (unpaired) electrons. The summed E-state index contributed by atoms with van der Waals surface area (Å²) in [5, 5.41) is 11.8. The molecule has 0 fully saturated rings. The van der Waals surface area contributed by atoms with Crippen LogP contribution in [0.2, 0.25) is 0 Å². The van der Waals surface area contributed by atoms with Gasteiger partial charge in [-0.2, -0.15) is 14.9 Å². The molecule has 0 aliphatic heterocycles. The zero-order valence-corrected chi connectivity index (χ0v) is 17.7. The maximum Gasteiger partial charge on any atom is 0.216 e. The van der Waals surface area contributed by atoms with E-state index < -0.39 is 0 Å². The molecule has 0 atom stereocenters. The highest BCUT2D eigenvalue weighted by Gasteiger charge is 2.09. The minimum atomic E-state index is 0.470. The van der Waals surface area contributed by atoms with Crippen molar-refractivity contribution in [2.45, 2.75) is 33.6 Å². The summed E-state index contributed by atoms with van der Waals surface area (Å²) < 4.78 is 2.14. The second-order valence-corrected chi connectivity index (χ2v) is 7.34. The molecule has 28 heavy (non-hydrogen) atoms. The number of benzene rings is 2. The Hall–Kier alpha value is -2.73. The molecule has 6 heteroatoms. The lowest BCUT2D eigenvalue weighted by atomic mass is 10.0. The normalized spacial score (nSPS) is 11.5. The van der Waals surface area contributed by atoms with Crippen molar-refractivity contribution >= 4 is 24.1 Å². The molecule has 0 unspecified atom stereocenters. The lowest BCUT2D eigenvalue weighted by molar-refractivity contribution is 0.863. The number of nitrogens with zero attached hydrogens (tertiary/aromatic N) is 4. The Labute approximate surface area is 171 Å². The Morgan fingerprint density at radius 3 is 2.29 bits per heavy atom. The summed E-state index contributed by atoms with van der Waals surface area (Å²) in [7, 11) is 0. The minimum absolute atomic E-state index is 0.470. The van der Waals surface area contributed by atoms with Crippen molar-refractivity contribution in [1.82, 2.24) is 14.9 Å². The first kappa shape index (κ1) is 20.0. The van der Waals surface area contributed by atoms with Crippen LogP contribution in [0.15, 0.2) is 53.6 Å². The van der Waals surface area contributed by atoms with Crippen LogP contribution in [0.3, 0.4) is 0 Å². The Morgan fingerprint density at radius 1 is 1.07 bits per heavy atom. The van der Waals surface area contributed by atoms with Gasteiger partial charge >= 0.3 is 0 Å². The molecular weight excluding hydrogens is 366 g/mol. The molecule has 0 bridgehead atoms. The molecule has 2 aromatic carbocycles. The van der Waals surface area contributed by atoms with E-state index in [9.17, 15) is 0 Å². The number of hydrogen-bond donors (Lipinski definition) is 1. The zero-order valence-electron chi connectivity index (χ0n) is 16.9. The SMILES string of the molecule is CCN(CC)c1ccc(-c2n[nH]c(=S)n2N=Cc2ccc(C(C)C)cc2)cc1. The highest BCUT2D eigenvalue weighted by atomic mass is 32.1. The van der Waals surface area contributed by atoms with Crippen molar-refractivity contribution in [3.05, 3.63) is 64.4 Å². The van der Waals surface area contributed by atoms with Gasteiger partial charge in [0, 0.05) is 24.3 Å². The van der Waals surface area contributed by atoms with Crippen LogP contribution in [-0.4, -0.2) is 34.2 Å². The summed E-state index contributed by atoms with van der Waals surface area (Å²) in [5.41, 5.74) is 4.50. The van der Waals surface area contributed by atoms with E-state index in [-0.39, 0.29) is 0 Å². The van der Waals surface area contributed by atoms with Gasteiger partial charge < -0.3 is 4.90 Å². The molecule has 146 valence electrons. The number of anilines is 1. The third-order valence-corrected chi connectivity index (χ3v) is 5.09. The fourth-order valence-corrected chi connectivity index (χ4v) is 3.27. The van der Waals surface area contributed by atoms with Crippen molar-refractivity contribution in [2.75, 3.05) is 18.0 Å².